The average molecular weight is 648 g/mol. The number of hydrogen-bond acceptors (Lipinski definition) is 8. The van der Waals surface area contributed by atoms with Crippen molar-refractivity contribution in [2.75, 3.05) is 13.7 Å². The molecule has 0 spiro atoms. The molecule has 0 unspecified atom stereocenters. The van der Waals surface area contributed by atoms with Crippen LogP contribution in [0.15, 0.2) is 65.8 Å². The molecule has 0 saturated carbocycles. The van der Waals surface area contributed by atoms with E-state index in [-0.39, 0.29) is 30.5 Å². The minimum atomic E-state index is -1.13. The Morgan fingerprint density at radius 3 is 2.19 bits per heavy atom. The number of aliphatic imine (C=N–C) groups is 1. The third-order valence-corrected chi connectivity index (χ3v) is 8.66. The summed E-state index contributed by atoms with van der Waals surface area (Å²) in [6.45, 7) is 14.7. The number of alkyl carbamates (subject to hydrolysis) is 1. The van der Waals surface area contributed by atoms with Gasteiger partial charge in [0, 0.05) is 24.9 Å². The van der Waals surface area contributed by atoms with E-state index in [1.165, 1.54) is 7.11 Å². The highest BCUT2D eigenvalue weighted by Crippen LogP contribution is 2.37. The third-order valence-electron chi connectivity index (χ3n) is 8.66. The summed E-state index contributed by atoms with van der Waals surface area (Å²) < 4.78 is 22.3. The lowest BCUT2D eigenvalue weighted by molar-refractivity contribution is -0.139. The predicted octanol–water partition coefficient (Wildman–Crippen LogP) is 5.74. The van der Waals surface area contributed by atoms with Gasteiger partial charge in [0.2, 0.25) is 0 Å². The molecule has 252 valence electrons. The van der Waals surface area contributed by atoms with E-state index in [2.05, 4.69) is 62.0 Å². The van der Waals surface area contributed by atoms with E-state index in [0.29, 0.717) is 5.56 Å². The van der Waals surface area contributed by atoms with Crippen LogP contribution in [0.3, 0.4) is 0 Å². The van der Waals surface area contributed by atoms with Crippen molar-refractivity contribution in [3.8, 4) is 0 Å². The normalized spacial score (nSPS) is 20.4. The van der Waals surface area contributed by atoms with Crippen LogP contribution in [-0.4, -0.2) is 77.5 Å². The Hall–Kier alpha value is -4.16. The van der Waals surface area contributed by atoms with E-state index >= 15 is 0 Å². The second kappa shape index (κ2) is 14.3. The molecule has 47 heavy (non-hydrogen) atoms. The summed E-state index contributed by atoms with van der Waals surface area (Å²) in [6.07, 6.45) is 3.57. The molecule has 3 aliphatic rings. The number of carbonyl (C=O) groups is 3. The molecule has 0 bridgehead atoms. The fourth-order valence-electron chi connectivity index (χ4n) is 5.42. The van der Waals surface area contributed by atoms with Crippen LogP contribution >= 0.6 is 0 Å². The highest BCUT2D eigenvalue weighted by molar-refractivity contribution is 6.62. The molecule has 3 aliphatic heterocycles. The first-order chi connectivity index (χ1) is 22.0. The van der Waals surface area contributed by atoms with Gasteiger partial charge in [-0.15, -0.1) is 0 Å². The molecule has 2 atom stereocenters. The van der Waals surface area contributed by atoms with Gasteiger partial charge in [-0.25, -0.2) is 14.4 Å². The molecule has 2 aromatic rings. The third kappa shape index (κ3) is 8.81. The van der Waals surface area contributed by atoms with E-state index in [1.807, 2.05) is 31.9 Å². The number of carboxylic acids is 1. The van der Waals surface area contributed by atoms with Gasteiger partial charge in [-0.3, -0.25) is 9.89 Å². The Kier molecular flexibility index (Phi) is 10.9. The van der Waals surface area contributed by atoms with Crippen molar-refractivity contribution in [3.05, 3.63) is 71.9 Å². The smallest absolute Gasteiger partial charge is 0.479 e. The molecule has 12 heteroatoms. The molecule has 3 heterocycles. The van der Waals surface area contributed by atoms with Crippen molar-refractivity contribution in [1.29, 1.82) is 0 Å². The van der Waals surface area contributed by atoms with Crippen molar-refractivity contribution in [1.82, 2.24) is 10.2 Å². The number of nitrogens with one attached hydrogen (secondary N) is 1. The van der Waals surface area contributed by atoms with Crippen LogP contribution in [0.5, 0.6) is 0 Å². The summed E-state index contributed by atoms with van der Waals surface area (Å²) in [4.78, 5) is 41.0. The number of carbonyl (C=O) groups excluding carboxylic acids is 2. The molecule has 0 aromatic heterocycles. The molecular weight excluding hydrogens is 601 g/mol. The highest BCUT2D eigenvalue weighted by Gasteiger charge is 2.51. The van der Waals surface area contributed by atoms with Gasteiger partial charge in [0.1, 0.15) is 5.60 Å². The lowest BCUT2D eigenvalue weighted by Crippen LogP contribution is -2.43. The molecule has 2 fully saturated rings. The zero-order valence-corrected chi connectivity index (χ0v) is 28.5. The summed E-state index contributed by atoms with van der Waals surface area (Å²) in [5.41, 5.74) is 3.64. The molecule has 0 aliphatic carbocycles. The monoisotopic (exact) mass is 647 g/mol. The number of methoxy groups -OCH3 is 1. The number of ether oxygens (including phenoxy) is 2. The number of rotatable bonds is 6. The van der Waals surface area contributed by atoms with Gasteiger partial charge in [-0.1, -0.05) is 54.6 Å². The van der Waals surface area contributed by atoms with Gasteiger partial charge >= 0.3 is 25.3 Å². The SMILES string of the molecule is CC(C)(C)OC(=O)N1CCC[C@H]1C1=NC=C(c2ccc(B3OC(C)(C)C(C)(C)O3)cc2)C1.COC(=O)N[C@@H](C(=O)O)c1ccccc1. The topological polar surface area (TPSA) is 136 Å². The first-order valence-electron chi connectivity index (χ1n) is 15.8. The Morgan fingerprint density at radius 2 is 1.64 bits per heavy atom. The van der Waals surface area contributed by atoms with Crippen LogP contribution in [0.1, 0.15) is 84.9 Å². The van der Waals surface area contributed by atoms with Gasteiger partial charge in [-0.05, 0) is 83.5 Å². The summed E-state index contributed by atoms with van der Waals surface area (Å²) in [5.74, 6) is -1.13. The number of carboxylic acid groups (broad SMARTS) is 1. The van der Waals surface area contributed by atoms with E-state index in [9.17, 15) is 14.4 Å². The van der Waals surface area contributed by atoms with Crippen LogP contribution in [0.25, 0.3) is 5.57 Å². The fourth-order valence-corrected chi connectivity index (χ4v) is 5.42. The minimum absolute atomic E-state index is 0.0163. The predicted molar refractivity (Wildman–Crippen MR) is 181 cm³/mol. The number of allylic oxidation sites excluding steroid dienone is 1. The van der Waals surface area contributed by atoms with Gasteiger partial charge < -0.3 is 29.2 Å². The molecule has 2 aromatic carbocycles. The standard InChI is InChI=1S/C25H35BN2O4.C10H11NO4/c1-23(2,3)30-22(29)28-14-8-9-21(28)20-15-18(16-27-20)17-10-12-19(13-11-17)26-31-24(4,5)25(6,7)32-26;1-15-10(14)11-8(9(12)13)7-5-3-2-4-6-7/h10-13,16,21H,8-9,14-15H2,1-7H3;2-6,8H,1H3,(H,11,14)(H,12,13)/t21-;8-/m01/s1. The fraction of sp³-hybridized carbons (Fsp3) is 0.486. The summed E-state index contributed by atoms with van der Waals surface area (Å²) in [5, 5.41) is 11.1. The molecule has 2 amide bonds. The average Bonchev–Trinajstić information content (AvgIpc) is 3.73. The van der Waals surface area contributed by atoms with Gasteiger partial charge in [0.25, 0.3) is 0 Å². The van der Waals surface area contributed by atoms with Crippen molar-refractivity contribution in [3.63, 3.8) is 0 Å². The number of benzene rings is 2. The van der Waals surface area contributed by atoms with Crippen molar-refractivity contribution < 1.29 is 38.3 Å². The van der Waals surface area contributed by atoms with Crippen LogP contribution in [-0.2, 0) is 23.6 Å². The quantitative estimate of drug-likeness (QED) is 0.379. The molecule has 5 rings (SSSR count). The zero-order valence-electron chi connectivity index (χ0n) is 28.5. The maximum absolute atomic E-state index is 12.6. The summed E-state index contributed by atoms with van der Waals surface area (Å²) >= 11 is 0. The zero-order chi connectivity index (χ0) is 34.6. The second-order valence-corrected chi connectivity index (χ2v) is 13.8. The maximum atomic E-state index is 12.6. The Bertz CT molecular complexity index is 1480. The highest BCUT2D eigenvalue weighted by atomic mass is 16.7. The van der Waals surface area contributed by atoms with E-state index in [1.54, 1.807) is 30.3 Å². The number of amides is 2. The van der Waals surface area contributed by atoms with Crippen molar-refractivity contribution in [2.24, 2.45) is 4.99 Å². The number of hydrogen-bond donors (Lipinski definition) is 2. The number of aliphatic carboxylic acids is 1. The number of likely N-dealkylation sites (tertiary alicyclic amines) is 1. The Balaban J connectivity index is 0.000000280. The molecule has 2 N–H and O–H groups in total. The van der Waals surface area contributed by atoms with Gasteiger partial charge in [0.05, 0.1) is 24.4 Å². The van der Waals surface area contributed by atoms with Crippen LogP contribution in [0.2, 0.25) is 0 Å². The Morgan fingerprint density at radius 1 is 1.02 bits per heavy atom. The first kappa shape index (κ1) is 35.7. The summed E-state index contributed by atoms with van der Waals surface area (Å²) in [7, 11) is 0.818. The largest absolute Gasteiger partial charge is 0.494 e. The minimum Gasteiger partial charge on any atom is -0.479 e. The molecule has 11 nitrogen and oxygen atoms in total. The van der Waals surface area contributed by atoms with Crippen molar-refractivity contribution in [2.45, 2.75) is 96.6 Å². The molecular formula is C35H46BN3O8. The lowest BCUT2D eigenvalue weighted by atomic mass is 9.78. The van der Waals surface area contributed by atoms with Crippen molar-refractivity contribution >= 4 is 42.0 Å². The molecule has 0 radical (unpaired) electrons. The maximum Gasteiger partial charge on any atom is 0.494 e. The first-order valence-corrected chi connectivity index (χ1v) is 15.8. The molecule has 2 saturated heterocycles. The van der Waals surface area contributed by atoms with E-state index in [0.717, 1.165) is 48.1 Å². The van der Waals surface area contributed by atoms with Gasteiger partial charge in [0.15, 0.2) is 6.04 Å². The van der Waals surface area contributed by atoms with E-state index in [4.69, 9.17) is 24.1 Å². The number of nitrogens with zero attached hydrogens (tertiary/aromatic N) is 2. The van der Waals surface area contributed by atoms with Gasteiger partial charge in [-0.2, -0.15) is 0 Å². The Labute approximate surface area is 277 Å². The van der Waals surface area contributed by atoms with Crippen LogP contribution in [0, 0.1) is 0 Å². The second-order valence-electron chi connectivity index (χ2n) is 13.8. The van der Waals surface area contributed by atoms with E-state index < -0.39 is 23.7 Å². The summed E-state index contributed by atoms with van der Waals surface area (Å²) in [6, 6.07) is 15.7. The van der Waals surface area contributed by atoms with Crippen LogP contribution < -0.4 is 10.8 Å². The lowest BCUT2D eigenvalue weighted by Gasteiger charge is -2.32. The van der Waals surface area contributed by atoms with Crippen LogP contribution in [0.4, 0.5) is 9.59 Å².